The van der Waals surface area contributed by atoms with Gasteiger partial charge in [0.15, 0.2) is 0 Å². The van der Waals surface area contributed by atoms with Crippen molar-refractivity contribution in [3.63, 3.8) is 0 Å². The Bertz CT molecular complexity index is 403. The summed E-state index contributed by atoms with van der Waals surface area (Å²) in [6.07, 6.45) is 2.71. The first-order valence-corrected chi connectivity index (χ1v) is 7.32. The molecule has 0 bridgehead atoms. The van der Waals surface area contributed by atoms with Gasteiger partial charge in [-0.2, -0.15) is 0 Å². The summed E-state index contributed by atoms with van der Waals surface area (Å²) >= 11 is 0. The first-order chi connectivity index (χ1) is 9.19. The Morgan fingerprint density at radius 2 is 2.05 bits per heavy atom. The van der Waals surface area contributed by atoms with Crippen LogP contribution in [0.4, 0.5) is 0 Å². The number of likely N-dealkylation sites (N-methyl/N-ethyl adjacent to an activating group) is 1. The maximum absolute atomic E-state index is 6.03. The molecule has 1 saturated carbocycles. The Hall–Kier alpha value is -1.06. The van der Waals surface area contributed by atoms with E-state index in [1.807, 2.05) is 19.1 Å². The van der Waals surface area contributed by atoms with E-state index in [9.17, 15) is 0 Å². The van der Waals surface area contributed by atoms with Crippen LogP contribution >= 0.6 is 0 Å². The molecule has 0 heterocycles. The third-order valence-corrected chi connectivity index (χ3v) is 4.24. The van der Waals surface area contributed by atoms with E-state index in [0.29, 0.717) is 19.2 Å². The van der Waals surface area contributed by atoms with E-state index in [0.717, 1.165) is 11.7 Å². The quantitative estimate of drug-likeness (QED) is 0.821. The van der Waals surface area contributed by atoms with Crippen molar-refractivity contribution in [2.24, 2.45) is 11.7 Å². The summed E-state index contributed by atoms with van der Waals surface area (Å²) in [5, 5.41) is 0. The van der Waals surface area contributed by atoms with Gasteiger partial charge in [-0.3, -0.25) is 4.90 Å². The average molecular weight is 262 g/mol. The second-order valence-corrected chi connectivity index (χ2v) is 5.47. The van der Waals surface area contributed by atoms with Crippen LogP contribution in [0.5, 0.6) is 5.75 Å². The molecule has 0 saturated heterocycles. The fraction of sp³-hybridized carbons (Fsp3) is 0.625. The Labute approximate surface area is 116 Å². The maximum Gasteiger partial charge on any atom is 0.124 e. The molecule has 19 heavy (non-hydrogen) atoms. The van der Waals surface area contributed by atoms with E-state index in [2.05, 4.69) is 31.0 Å². The highest BCUT2D eigenvalue weighted by molar-refractivity contribution is 5.36. The molecule has 1 aromatic carbocycles. The van der Waals surface area contributed by atoms with Crippen molar-refractivity contribution in [3.05, 3.63) is 29.8 Å². The molecule has 0 aliphatic heterocycles. The second-order valence-electron chi connectivity index (χ2n) is 5.47. The van der Waals surface area contributed by atoms with Crippen molar-refractivity contribution in [2.75, 3.05) is 20.2 Å². The Morgan fingerprint density at radius 3 is 2.63 bits per heavy atom. The Morgan fingerprint density at radius 1 is 1.37 bits per heavy atom. The van der Waals surface area contributed by atoms with Gasteiger partial charge in [-0.25, -0.2) is 0 Å². The first-order valence-electron chi connectivity index (χ1n) is 7.32. The summed E-state index contributed by atoms with van der Waals surface area (Å²) in [7, 11) is 2.18. The molecule has 1 fully saturated rings. The fourth-order valence-electron chi connectivity index (χ4n) is 2.75. The highest BCUT2D eigenvalue weighted by atomic mass is 16.5. The zero-order valence-corrected chi connectivity index (χ0v) is 12.3. The van der Waals surface area contributed by atoms with Crippen LogP contribution in [-0.2, 0) is 0 Å². The van der Waals surface area contributed by atoms with E-state index in [-0.39, 0.29) is 6.04 Å². The third kappa shape index (κ3) is 3.28. The minimum atomic E-state index is 0.235. The monoisotopic (exact) mass is 262 g/mol. The van der Waals surface area contributed by atoms with Crippen molar-refractivity contribution in [1.82, 2.24) is 4.90 Å². The highest BCUT2D eigenvalue weighted by Gasteiger charge is 2.33. The maximum atomic E-state index is 6.03. The molecule has 3 nitrogen and oxygen atoms in total. The molecule has 0 spiro atoms. The number of nitrogens with two attached hydrogens (primary N) is 1. The number of para-hydroxylation sites is 1. The van der Waals surface area contributed by atoms with E-state index >= 15 is 0 Å². The molecule has 1 aliphatic carbocycles. The molecular formula is C16H26N2O. The first kappa shape index (κ1) is 14.4. The SMILES string of the molecule is CCOc1ccccc1C(CN)N(C)C(C)C1CC1. The summed E-state index contributed by atoms with van der Waals surface area (Å²) < 4.78 is 5.74. The summed E-state index contributed by atoms with van der Waals surface area (Å²) in [5.41, 5.74) is 7.24. The normalized spacial score (nSPS) is 18.4. The molecule has 2 atom stereocenters. The standard InChI is InChI=1S/C16H26N2O/c1-4-19-16-8-6-5-7-14(16)15(11-17)18(3)12(2)13-9-10-13/h5-8,12-13,15H,4,9-11,17H2,1-3H3. The summed E-state index contributed by atoms with van der Waals surface area (Å²) in [6, 6.07) is 9.08. The second kappa shape index (κ2) is 6.40. The molecule has 2 rings (SSSR count). The Balaban J connectivity index is 2.20. The van der Waals surface area contributed by atoms with Crippen molar-refractivity contribution in [2.45, 2.75) is 38.8 Å². The zero-order valence-electron chi connectivity index (χ0n) is 12.3. The van der Waals surface area contributed by atoms with E-state index < -0.39 is 0 Å². The van der Waals surface area contributed by atoms with Crippen LogP contribution in [0.25, 0.3) is 0 Å². The molecule has 2 unspecified atom stereocenters. The van der Waals surface area contributed by atoms with Crippen LogP contribution < -0.4 is 10.5 Å². The van der Waals surface area contributed by atoms with Gasteiger partial charge in [0.25, 0.3) is 0 Å². The van der Waals surface area contributed by atoms with Crippen LogP contribution in [0.3, 0.4) is 0 Å². The molecule has 106 valence electrons. The van der Waals surface area contributed by atoms with Gasteiger partial charge in [-0.15, -0.1) is 0 Å². The van der Waals surface area contributed by atoms with Gasteiger partial charge < -0.3 is 10.5 Å². The van der Waals surface area contributed by atoms with Gasteiger partial charge in [-0.1, -0.05) is 18.2 Å². The molecular weight excluding hydrogens is 236 g/mol. The van der Waals surface area contributed by atoms with Gasteiger partial charge in [0.2, 0.25) is 0 Å². The molecule has 1 aromatic rings. The van der Waals surface area contributed by atoms with Crippen molar-refractivity contribution in [1.29, 1.82) is 0 Å². The number of nitrogens with zero attached hydrogens (tertiary/aromatic N) is 1. The van der Waals surface area contributed by atoms with Gasteiger partial charge in [0.1, 0.15) is 5.75 Å². The molecule has 2 N–H and O–H groups in total. The van der Waals surface area contributed by atoms with Gasteiger partial charge in [-0.05, 0) is 45.7 Å². The van der Waals surface area contributed by atoms with Crippen LogP contribution in [-0.4, -0.2) is 31.1 Å². The molecule has 0 radical (unpaired) electrons. The molecule has 3 heteroatoms. The summed E-state index contributed by atoms with van der Waals surface area (Å²) in [5.74, 6) is 1.81. The smallest absolute Gasteiger partial charge is 0.124 e. The number of hydrogen-bond acceptors (Lipinski definition) is 3. The minimum Gasteiger partial charge on any atom is -0.494 e. The van der Waals surface area contributed by atoms with Gasteiger partial charge >= 0.3 is 0 Å². The lowest BCUT2D eigenvalue weighted by Crippen LogP contribution is -2.38. The van der Waals surface area contributed by atoms with Crippen molar-refractivity contribution < 1.29 is 4.74 Å². The highest BCUT2D eigenvalue weighted by Crippen LogP contribution is 2.38. The number of rotatable bonds is 7. The number of ether oxygens (including phenoxy) is 1. The average Bonchev–Trinajstić information content (AvgIpc) is 3.25. The van der Waals surface area contributed by atoms with Crippen molar-refractivity contribution in [3.8, 4) is 5.75 Å². The van der Waals surface area contributed by atoms with Crippen LogP contribution in [0, 0.1) is 5.92 Å². The minimum absolute atomic E-state index is 0.235. The number of benzene rings is 1. The van der Waals surface area contributed by atoms with Gasteiger partial charge in [0.05, 0.1) is 12.6 Å². The van der Waals surface area contributed by atoms with E-state index in [4.69, 9.17) is 10.5 Å². The van der Waals surface area contributed by atoms with Crippen molar-refractivity contribution >= 4 is 0 Å². The predicted octanol–water partition coefficient (Wildman–Crippen LogP) is 2.82. The molecule has 0 amide bonds. The molecule has 0 aromatic heterocycles. The van der Waals surface area contributed by atoms with Crippen LogP contribution in [0.15, 0.2) is 24.3 Å². The third-order valence-electron chi connectivity index (χ3n) is 4.24. The molecule has 1 aliphatic rings. The Kier molecular flexibility index (Phi) is 4.83. The lowest BCUT2D eigenvalue weighted by atomic mass is 10.0. The summed E-state index contributed by atoms with van der Waals surface area (Å²) in [6.45, 7) is 5.64. The topological polar surface area (TPSA) is 38.5 Å². The van der Waals surface area contributed by atoms with Crippen LogP contribution in [0.2, 0.25) is 0 Å². The fourth-order valence-corrected chi connectivity index (χ4v) is 2.75. The largest absolute Gasteiger partial charge is 0.494 e. The van der Waals surface area contributed by atoms with Crippen LogP contribution in [0.1, 0.15) is 38.3 Å². The van der Waals surface area contributed by atoms with E-state index in [1.54, 1.807) is 0 Å². The van der Waals surface area contributed by atoms with E-state index in [1.165, 1.54) is 18.4 Å². The zero-order chi connectivity index (χ0) is 13.8. The predicted molar refractivity (Wildman–Crippen MR) is 79.4 cm³/mol. The lowest BCUT2D eigenvalue weighted by molar-refractivity contribution is 0.167. The van der Waals surface area contributed by atoms with Gasteiger partial charge in [0, 0.05) is 18.2 Å². The summed E-state index contributed by atoms with van der Waals surface area (Å²) in [4.78, 5) is 2.41. The lowest BCUT2D eigenvalue weighted by Gasteiger charge is -2.33. The number of hydrogen-bond donors (Lipinski definition) is 1.